The normalized spacial score (nSPS) is 33.6. The molecule has 7 nitrogen and oxygen atoms in total. The molecule has 31 heavy (non-hydrogen) atoms. The maximum absolute atomic E-state index is 13.5. The lowest BCUT2D eigenvalue weighted by Gasteiger charge is -2.38. The quantitative estimate of drug-likeness (QED) is 0.585. The number of hydrogen-bond donors (Lipinski definition) is 3. The van der Waals surface area contributed by atoms with E-state index in [9.17, 15) is 19.5 Å². The zero-order chi connectivity index (χ0) is 22.3. The lowest BCUT2D eigenvalue weighted by Crippen LogP contribution is -2.57. The van der Waals surface area contributed by atoms with Crippen LogP contribution in [0.15, 0.2) is 30.3 Å². The molecule has 1 aromatic carbocycles. The number of carbonyl (C=O) groups excluding carboxylic acids is 3. The first kappa shape index (κ1) is 22.1. The first-order valence-electron chi connectivity index (χ1n) is 11.0. The van der Waals surface area contributed by atoms with Crippen LogP contribution in [-0.2, 0) is 20.9 Å². The molecule has 3 heterocycles. The van der Waals surface area contributed by atoms with Gasteiger partial charge in [-0.1, -0.05) is 37.3 Å². The van der Waals surface area contributed by atoms with E-state index in [1.807, 2.05) is 44.2 Å². The fourth-order valence-corrected chi connectivity index (χ4v) is 8.16. The Morgan fingerprint density at radius 3 is 2.61 bits per heavy atom. The molecule has 3 aliphatic rings. The molecule has 0 aromatic heterocycles. The second kappa shape index (κ2) is 8.47. The maximum Gasteiger partial charge on any atom is 0.244 e. The van der Waals surface area contributed by atoms with E-state index in [1.54, 1.807) is 11.8 Å². The summed E-state index contributed by atoms with van der Waals surface area (Å²) in [7, 11) is 0. The molecule has 168 valence electrons. The van der Waals surface area contributed by atoms with E-state index < -0.39 is 22.6 Å². The van der Waals surface area contributed by atoms with Crippen molar-refractivity contribution in [2.24, 2.45) is 17.8 Å². The molecule has 3 saturated heterocycles. The van der Waals surface area contributed by atoms with Gasteiger partial charge in [-0.25, -0.2) is 0 Å². The van der Waals surface area contributed by atoms with Gasteiger partial charge in [-0.3, -0.25) is 14.4 Å². The van der Waals surface area contributed by atoms with Gasteiger partial charge >= 0.3 is 0 Å². The summed E-state index contributed by atoms with van der Waals surface area (Å²) in [6.45, 7) is 6.17. The number of rotatable bonds is 7. The monoisotopic (exact) mass is 445 g/mol. The third kappa shape index (κ3) is 3.53. The van der Waals surface area contributed by atoms with Crippen LogP contribution in [-0.4, -0.2) is 63.0 Å². The maximum atomic E-state index is 13.5. The molecule has 3 aliphatic heterocycles. The van der Waals surface area contributed by atoms with Crippen LogP contribution in [0.2, 0.25) is 0 Å². The minimum Gasteiger partial charge on any atom is -0.395 e. The van der Waals surface area contributed by atoms with Crippen LogP contribution < -0.4 is 10.6 Å². The summed E-state index contributed by atoms with van der Waals surface area (Å²) in [5, 5.41) is 15.6. The van der Waals surface area contributed by atoms with Crippen molar-refractivity contribution in [3.05, 3.63) is 35.9 Å². The number of amides is 3. The summed E-state index contributed by atoms with van der Waals surface area (Å²) in [5.74, 6) is -1.38. The third-order valence-electron chi connectivity index (χ3n) is 6.88. The van der Waals surface area contributed by atoms with E-state index in [2.05, 4.69) is 17.6 Å². The van der Waals surface area contributed by atoms with Crippen molar-refractivity contribution in [3.8, 4) is 0 Å². The van der Waals surface area contributed by atoms with Gasteiger partial charge in [-0.15, -0.1) is 11.8 Å². The van der Waals surface area contributed by atoms with E-state index in [0.29, 0.717) is 6.54 Å². The zero-order valence-electron chi connectivity index (χ0n) is 18.2. The van der Waals surface area contributed by atoms with Gasteiger partial charge in [0.2, 0.25) is 17.7 Å². The van der Waals surface area contributed by atoms with E-state index in [4.69, 9.17) is 0 Å². The number of nitrogens with zero attached hydrogens (tertiary/aromatic N) is 1. The molecule has 0 saturated carbocycles. The number of likely N-dealkylation sites (tertiary alicyclic amines) is 1. The summed E-state index contributed by atoms with van der Waals surface area (Å²) in [5.41, 5.74) is 1.00. The van der Waals surface area contributed by atoms with Crippen molar-refractivity contribution in [1.82, 2.24) is 15.5 Å². The molecule has 4 rings (SSSR count). The highest BCUT2D eigenvalue weighted by Crippen LogP contribution is 2.68. The van der Waals surface area contributed by atoms with Gasteiger partial charge in [-0.05, 0) is 31.7 Å². The van der Waals surface area contributed by atoms with Gasteiger partial charge in [0.1, 0.15) is 6.04 Å². The van der Waals surface area contributed by atoms with Gasteiger partial charge < -0.3 is 20.6 Å². The Labute approximate surface area is 187 Å². The Hall–Kier alpha value is -2.06. The van der Waals surface area contributed by atoms with Crippen LogP contribution >= 0.6 is 11.8 Å². The summed E-state index contributed by atoms with van der Waals surface area (Å²) < 4.78 is -0.634. The highest BCUT2D eigenvalue weighted by Gasteiger charge is 2.75. The molecule has 3 amide bonds. The van der Waals surface area contributed by atoms with Crippen LogP contribution in [0.1, 0.15) is 32.8 Å². The minimum absolute atomic E-state index is 0.0188. The summed E-state index contributed by atoms with van der Waals surface area (Å²) in [6, 6.07) is 8.96. The first-order chi connectivity index (χ1) is 14.8. The summed E-state index contributed by atoms with van der Waals surface area (Å²) >= 11 is 1.65. The number of β-amino-alcohol motifs (C(OH)–C–C–N with tert-alkyl or cyclic N) is 1. The number of fused-ring (bicyclic) bond motifs is 1. The van der Waals surface area contributed by atoms with Gasteiger partial charge in [-0.2, -0.15) is 0 Å². The van der Waals surface area contributed by atoms with Gasteiger partial charge in [0, 0.05) is 24.4 Å². The second-order valence-corrected chi connectivity index (χ2v) is 10.7. The molecule has 0 aliphatic carbocycles. The molecule has 6 atom stereocenters. The van der Waals surface area contributed by atoms with E-state index in [1.165, 1.54) is 4.90 Å². The number of carbonyl (C=O) groups is 3. The molecular weight excluding hydrogens is 414 g/mol. The van der Waals surface area contributed by atoms with Crippen molar-refractivity contribution < 1.29 is 19.5 Å². The Morgan fingerprint density at radius 2 is 1.97 bits per heavy atom. The number of benzene rings is 1. The highest BCUT2D eigenvalue weighted by molar-refractivity contribution is 8.02. The molecule has 1 spiro atoms. The van der Waals surface area contributed by atoms with Crippen molar-refractivity contribution >= 4 is 29.5 Å². The Balaban J connectivity index is 1.63. The van der Waals surface area contributed by atoms with Gasteiger partial charge in [0.25, 0.3) is 0 Å². The Kier molecular flexibility index (Phi) is 6.05. The zero-order valence-corrected chi connectivity index (χ0v) is 19.0. The van der Waals surface area contributed by atoms with Crippen LogP contribution in [0.4, 0.5) is 0 Å². The molecule has 8 heteroatoms. The van der Waals surface area contributed by atoms with E-state index >= 15 is 0 Å². The standard InChI is InChI=1S/C23H31N3O4S/c1-13(2)25-21(29)19-23-14(3)11-16(31-23)17(18(23)22(30)26(19)9-10-27)20(28)24-12-15-7-5-4-6-8-15/h4-8,13-14,16-19,27H,9-12H2,1-3H3,(H,24,28)(H,25,29)/t14?,16-,17+,18-,19?,23?/m0/s1. The van der Waals surface area contributed by atoms with Crippen LogP contribution in [0.25, 0.3) is 0 Å². The number of aliphatic hydroxyl groups is 1. The highest BCUT2D eigenvalue weighted by atomic mass is 32.2. The topological polar surface area (TPSA) is 98.7 Å². The largest absolute Gasteiger partial charge is 0.395 e. The summed E-state index contributed by atoms with van der Waals surface area (Å²) in [4.78, 5) is 41.6. The SMILES string of the molecule is CC(C)NC(=O)C1N(CCO)C(=O)[C@@H]2[C@H](C(=O)NCc3ccccc3)[C@@H]3CC(C)C12S3. The van der Waals surface area contributed by atoms with Crippen molar-refractivity contribution in [3.63, 3.8) is 0 Å². The number of thioether (sulfide) groups is 1. The van der Waals surface area contributed by atoms with Crippen LogP contribution in [0.3, 0.4) is 0 Å². The fourth-order valence-electron chi connectivity index (χ4n) is 5.73. The molecule has 3 N–H and O–H groups in total. The fraction of sp³-hybridized carbons (Fsp3) is 0.609. The molecule has 3 fully saturated rings. The number of aliphatic hydroxyl groups excluding tert-OH is 1. The van der Waals surface area contributed by atoms with Crippen molar-refractivity contribution in [2.45, 2.75) is 55.8 Å². The van der Waals surface area contributed by atoms with Crippen molar-refractivity contribution in [2.75, 3.05) is 13.2 Å². The van der Waals surface area contributed by atoms with E-state index in [0.717, 1.165) is 12.0 Å². The minimum atomic E-state index is -0.670. The van der Waals surface area contributed by atoms with Crippen LogP contribution in [0, 0.1) is 17.8 Å². The lowest BCUT2D eigenvalue weighted by atomic mass is 9.66. The predicted octanol–water partition coefficient (Wildman–Crippen LogP) is 1.16. The van der Waals surface area contributed by atoms with Gasteiger partial charge in [0.15, 0.2) is 0 Å². The Morgan fingerprint density at radius 1 is 1.26 bits per heavy atom. The number of hydrogen-bond acceptors (Lipinski definition) is 5. The van der Waals surface area contributed by atoms with Gasteiger partial charge in [0.05, 0.1) is 23.2 Å². The van der Waals surface area contributed by atoms with E-state index in [-0.39, 0.29) is 48.1 Å². The molecule has 2 bridgehead atoms. The molecule has 3 unspecified atom stereocenters. The predicted molar refractivity (Wildman–Crippen MR) is 119 cm³/mol. The smallest absolute Gasteiger partial charge is 0.244 e. The molecular formula is C23H31N3O4S. The average Bonchev–Trinajstić information content (AvgIpc) is 3.31. The lowest BCUT2D eigenvalue weighted by molar-refractivity contribution is -0.140. The summed E-state index contributed by atoms with van der Waals surface area (Å²) in [6.07, 6.45) is 0.802. The van der Waals surface area contributed by atoms with Crippen LogP contribution in [0.5, 0.6) is 0 Å². The average molecular weight is 446 g/mol. The number of nitrogens with one attached hydrogen (secondary N) is 2. The molecule has 0 radical (unpaired) electrons. The second-order valence-electron chi connectivity index (χ2n) is 9.17. The first-order valence-corrected chi connectivity index (χ1v) is 11.9. The third-order valence-corrected chi connectivity index (χ3v) is 8.95. The molecule has 1 aromatic rings. The Bertz CT molecular complexity index is 864. The van der Waals surface area contributed by atoms with Crippen molar-refractivity contribution in [1.29, 1.82) is 0 Å².